The summed E-state index contributed by atoms with van der Waals surface area (Å²) in [5.41, 5.74) is 10.1. The molecule has 0 fully saturated rings. The first-order valence-corrected chi connectivity index (χ1v) is 8.01. The third-order valence-corrected chi connectivity index (χ3v) is 4.39. The lowest BCUT2D eigenvalue weighted by Gasteiger charge is -2.14. The molecule has 0 aliphatic carbocycles. The fraction of sp³-hybridized carbons (Fsp3) is 0.333. The zero-order chi connectivity index (χ0) is 15.2. The van der Waals surface area contributed by atoms with Crippen molar-refractivity contribution in [3.63, 3.8) is 0 Å². The Kier molecular flexibility index (Phi) is 5.83. The van der Waals surface area contributed by atoms with Crippen molar-refractivity contribution in [1.82, 2.24) is 0 Å². The molecule has 2 aromatic rings. The molecule has 3 heteroatoms. The number of methoxy groups -OCH3 is 1. The van der Waals surface area contributed by atoms with Gasteiger partial charge in [-0.05, 0) is 55.5 Å². The minimum absolute atomic E-state index is 0.147. The predicted molar refractivity (Wildman–Crippen MR) is 91.9 cm³/mol. The van der Waals surface area contributed by atoms with Crippen molar-refractivity contribution < 1.29 is 4.74 Å². The molecular weight excluding hydrogens is 326 g/mol. The Morgan fingerprint density at radius 2 is 2.00 bits per heavy atom. The monoisotopic (exact) mass is 347 g/mol. The topological polar surface area (TPSA) is 35.2 Å². The Balaban J connectivity index is 1.94. The number of benzene rings is 2. The zero-order valence-electron chi connectivity index (χ0n) is 12.6. The van der Waals surface area contributed by atoms with Crippen LogP contribution in [0.25, 0.3) is 0 Å². The first-order valence-electron chi connectivity index (χ1n) is 7.22. The lowest BCUT2D eigenvalue weighted by Crippen LogP contribution is -2.23. The number of hydrogen-bond acceptors (Lipinski definition) is 2. The Hall–Kier alpha value is -1.32. The zero-order valence-corrected chi connectivity index (χ0v) is 14.2. The third kappa shape index (κ3) is 4.87. The van der Waals surface area contributed by atoms with Crippen molar-refractivity contribution in [2.75, 3.05) is 7.11 Å². The fourth-order valence-corrected chi connectivity index (χ4v) is 2.85. The van der Waals surface area contributed by atoms with Crippen LogP contribution in [0.4, 0.5) is 0 Å². The van der Waals surface area contributed by atoms with Gasteiger partial charge in [-0.1, -0.05) is 45.8 Å². The van der Waals surface area contributed by atoms with E-state index in [-0.39, 0.29) is 6.04 Å². The van der Waals surface area contributed by atoms with Crippen LogP contribution in [0.2, 0.25) is 0 Å². The van der Waals surface area contributed by atoms with Gasteiger partial charge in [0.15, 0.2) is 0 Å². The molecule has 0 bridgehead atoms. The molecule has 1 atom stereocenters. The summed E-state index contributed by atoms with van der Waals surface area (Å²) < 4.78 is 6.36. The van der Waals surface area contributed by atoms with Crippen LogP contribution in [0.5, 0.6) is 5.75 Å². The molecule has 2 N–H and O–H groups in total. The molecule has 0 saturated carbocycles. The van der Waals surface area contributed by atoms with Crippen molar-refractivity contribution in [3.05, 3.63) is 63.6 Å². The summed E-state index contributed by atoms with van der Waals surface area (Å²) in [5.74, 6) is 0.874. The number of halogens is 1. The van der Waals surface area contributed by atoms with E-state index in [1.165, 1.54) is 16.7 Å². The maximum atomic E-state index is 6.29. The second-order valence-electron chi connectivity index (χ2n) is 5.45. The second kappa shape index (κ2) is 7.62. The molecular formula is C18H22BrNO. The third-order valence-electron chi connectivity index (χ3n) is 3.62. The molecule has 21 heavy (non-hydrogen) atoms. The van der Waals surface area contributed by atoms with Crippen molar-refractivity contribution in [1.29, 1.82) is 0 Å². The Bertz CT molecular complexity index is 598. The lowest BCUT2D eigenvalue weighted by molar-refractivity contribution is 0.414. The van der Waals surface area contributed by atoms with Gasteiger partial charge < -0.3 is 10.5 Å². The van der Waals surface area contributed by atoms with Crippen LogP contribution in [0, 0.1) is 6.92 Å². The van der Waals surface area contributed by atoms with E-state index in [0.29, 0.717) is 0 Å². The maximum absolute atomic E-state index is 6.29. The van der Waals surface area contributed by atoms with Crippen LogP contribution in [0.1, 0.15) is 23.1 Å². The van der Waals surface area contributed by atoms with E-state index in [4.69, 9.17) is 10.5 Å². The fourth-order valence-electron chi connectivity index (χ4n) is 2.44. The van der Waals surface area contributed by atoms with E-state index in [2.05, 4.69) is 53.2 Å². The molecule has 1 unspecified atom stereocenters. The molecule has 0 aromatic heterocycles. The van der Waals surface area contributed by atoms with Gasteiger partial charge in [0, 0.05) is 10.5 Å². The van der Waals surface area contributed by atoms with E-state index in [1.54, 1.807) is 7.11 Å². The normalized spacial score (nSPS) is 12.2. The van der Waals surface area contributed by atoms with Gasteiger partial charge in [0.2, 0.25) is 0 Å². The van der Waals surface area contributed by atoms with E-state index < -0.39 is 0 Å². The van der Waals surface area contributed by atoms with Gasteiger partial charge in [0.25, 0.3) is 0 Å². The minimum atomic E-state index is 0.147. The van der Waals surface area contributed by atoms with E-state index in [1.807, 2.05) is 12.1 Å². The van der Waals surface area contributed by atoms with Gasteiger partial charge in [-0.25, -0.2) is 0 Å². The quantitative estimate of drug-likeness (QED) is 0.846. The number of hydrogen-bond donors (Lipinski definition) is 1. The van der Waals surface area contributed by atoms with Gasteiger partial charge in [0.1, 0.15) is 5.75 Å². The highest BCUT2D eigenvalue weighted by Crippen LogP contribution is 2.24. The molecule has 0 saturated heterocycles. The SMILES string of the molecule is COc1ccc(Br)c(CC(N)CCc2cccc(C)c2)c1. The van der Waals surface area contributed by atoms with Crippen LogP contribution in [-0.4, -0.2) is 13.2 Å². The molecule has 0 heterocycles. The highest BCUT2D eigenvalue weighted by Gasteiger charge is 2.09. The van der Waals surface area contributed by atoms with Gasteiger partial charge >= 0.3 is 0 Å². The molecule has 2 nitrogen and oxygen atoms in total. The van der Waals surface area contributed by atoms with Crippen molar-refractivity contribution in [3.8, 4) is 5.75 Å². The Morgan fingerprint density at radius 1 is 1.19 bits per heavy atom. The van der Waals surface area contributed by atoms with Gasteiger partial charge in [-0.3, -0.25) is 0 Å². The smallest absolute Gasteiger partial charge is 0.119 e. The highest BCUT2D eigenvalue weighted by atomic mass is 79.9. The predicted octanol–water partition coefficient (Wildman–Crippen LogP) is 4.27. The van der Waals surface area contributed by atoms with Crippen LogP contribution < -0.4 is 10.5 Å². The number of nitrogens with two attached hydrogens (primary N) is 1. The van der Waals surface area contributed by atoms with Crippen LogP contribution in [0.3, 0.4) is 0 Å². The molecule has 0 aliphatic rings. The number of rotatable bonds is 6. The lowest BCUT2D eigenvalue weighted by atomic mass is 9.99. The van der Waals surface area contributed by atoms with Crippen LogP contribution in [-0.2, 0) is 12.8 Å². The average Bonchev–Trinajstić information content (AvgIpc) is 2.47. The molecule has 2 rings (SSSR count). The summed E-state index contributed by atoms with van der Waals surface area (Å²) >= 11 is 3.58. The molecule has 0 amide bonds. The van der Waals surface area contributed by atoms with Crippen molar-refractivity contribution in [2.45, 2.75) is 32.2 Å². The number of ether oxygens (including phenoxy) is 1. The van der Waals surface area contributed by atoms with Crippen LogP contribution in [0.15, 0.2) is 46.9 Å². The first-order chi connectivity index (χ1) is 10.1. The minimum Gasteiger partial charge on any atom is -0.497 e. The highest BCUT2D eigenvalue weighted by molar-refractivity contribution is 9.10. The summed E-state index contributed by atoms with van der Waals surface area (Å²) in [6.45, 7) is 2.12. The molecule has 0 radical (unpaired) electrons. The maximum Gasteiger partial charge on any atom is 0.119 e. The van der Waals surface area contributed by atoms with Gasteiger partial charge in [-0.2, -0.15) is 0 Å². The van der Waals surface area contributed by atoms with Gasteiger partial charge in [0.05, 0.1) is 7.11 Å². The van der Waals surface area contributed by atoms with E-state index in [0.717, 1.165) is 29.5 Å². The van der Waals surface area contributed by atoms with Crippen molar-refractivity contribution in [2.24, 2.45) is 5.73 Å². The van der Waals surface area contributed by atoms with Crippen molar-refractivity contribution >= 4 is 15.9 Å². The molecule has 112 valence electrons. The standard InChI is InChI=1S/C18H22BrNO/c1-13-4-3-5-14(10-13)6-7-16(20)11-15-12-17(21-2)8-9-18(15)19/h3-5,8-10,12,16H,6-7,11,20H2,1-2H3. The Labute approximate surface area is 135 Å². The molecule has 0 spiro atoms. The van der Waals surface area contributed by atoms with Crippen LogP contribution >= 0.6 is 15.9 Å². The average molecular weight is 348 g/mol. The first kappa shape index (κ1) is 16.1. The number of aryl methyl sites for hydroxylation is 2. The van der Waals surface area contributed by atoms with E-state index in [9.17, 15) is 0 Å². The Morgan fingerprint density at radius 3 is 2.71 bits per heavy atom. The summed E-state index contributed by atoms with van der Waals surface area (Å²) in [6, 6.07) is 14.8. The summed E-state index contributed by atoms with van der Waals surface area (Å²) in [7, 11) is 1.69. The molecule has 2 aromatic carbocycles. The molecule has 0 aliphatic heterocycles. The largest absolute Gasteiger partial charge is 0.497 e. The summed E-state index contributed by atoms with van der Waals surface area (Å²) in [4.78, 5) is 0. The van der Waals surface area contributed by atoms with Gasteiger partial charge in [-0.15, -0.1) is 0 Å². The second-order valence-corrected chi connectivity index (χ2v) is 6.30. The van der Waals surface area contributed by atoms with E-state index >= 15 is 0 Å². The summed E-state index contributed by atoms with van der Waals surface area (Å²) in [6.07, 6.45) is 2.85. The summed E-state index contributed by atoms with van der Waals surface area (Å²) in [5, 5.41) is 0.